The molecule has 0 bridgehead atoms. The third-order valence-corrected chi connectivity index (χ3v) is 4.22. The molecule has 0 aliphatic heterocycles. The summed E-state index contributed by atoms with van der Waals surface area (Å²) in [7, 11) is 3.89. The molecule has 1 saturated carbocycles. The SMILES string of the molecule is CCC1CCC(CNC)C(CCCOC)C1. The molecule has 16 heavy (non-hydrogen) atoms. The predicted octanol–water partition coefficient (Wildman–Crippen LogP) is 3.07. The van der Waals surface area contributed by atoms with Crippen LogP contribution in [0.5, 0.6) is 0 Å². The maximum absolute atomic E-state index is 5.17. The molecule has 1 aliphatic carbocycles. The lowest BCUT2D eigenvalue weighted by Gasteiger charge is -2.36. The van der Waals surface area contributed by atoms with Gasteiger partial charge in [0.15, 0.2) is 0 Å². The molecule has 0 aromatic heterocycles. The van der Waals surface area contributed by atoms with E-state index >= 15 is 0 Å². The monoisotopic (exact) mass is 227 g/mol. The van der Waals surface area contributed by atoms with Crippen LogP contribution in [0, 0.1) is 17.8 Å². The maximum Gasteiger partial charge on any atom is 0.0462 e. The number of hydrogen-bond acceptors (Lipinski definition) is 2. The summed E-state index contributed by atoms with van der Waals surface area (Å²) in [6, 6.07) is 0. The second kappa shape index (κ2) is 8.08. The molecule has 1 N–H and O–H groups in total. The van der Waals surface area contributed by atoms with E-state index in [0.29, 0.717) is 0 Å². The van der Waals surface area contributed by atoms with Crippen LogP contribution in [0.1, 0.15) is 45.4 Å². The van der Waals surface area contributed by atoms with Crippen molar-refractivity contribution in [2.45, 2.75) is 45.4 Å². The molecule has 0 aromatic rings. The van der Waals surface area contributed by atoms with Gasteiger partial charge in [-0.3, -0.25) is 0 Å². The summed E-state index contributed by atoms with van der Waals surface area (Å²) >= 11 is 0. The van der Waals surface area contributed by atoms with Crippen LogP contribution in [0.4, 0.5) is 0 Å². The molecule has 2 nitrogen and oxygen atoms in total. The molecule has 0 saturated heterocycles. The van der Waals surface area contributed by atoms with Gasteiger partial charge in [-0.05, 0) is 57.0 Å². The minimum absolute atomic E-state index is 0.907. The molecule has 1 rings (SSSR count). The van der Waals surface area contributed by atoms with Crippen molar-refractivity contribution in [1.29, 1.82) is 0 Å². The highest BCUT2D eigenvalue weighted by Gasteiger charge is 2.28. The van der Waals surface area contributed by atoms with Crippen molar-refractivity contribution in [3.05, 3.63) is 0 Å². The standard InChI is InChI=1S/C14H29NO/c1-4-12-7-8-14(11-15-2)13(10-12)6-5-9-16-3/h12-15H,4-11H2,1-3H3. The van der Waals surface area contributed by atoms with Crippen molar-refractivity contribution in [1.82, 2.24) is 5.32 Å². The summed E-state index contributed by atoms with van der Waals surface area (Å²) in [5.41, 5.74) is 0. The minimum atomic E-state index is 0.907. The number of ether oxygens (including phenoxy) is 1. The van der Waals surface area contributed by atoms with Gasteiger partial charge in [-0.15, -0.1) is 0 Å². The average molecular weight is 227 g/mol. The Morgan fingerprint density at radius 2 is 2.06 bits per heavy atom. The fraction of sp³-hybridized carbons (Fsp3) is 1.00. The highest BCUT2D eigenvalue weighted by molar-refractivity contribution is 4.80. The number of methoxy groups -OCH3 is 1. The van der Waals surface area contributed by atoms with Gasteiger partial charge in [0.2, 0.25) is 0 Å². The third-order valence-electron chi connectivity index (χ3n) is 4.22. The third kappa shape index (κ3) is 4.42. The Morgan fingerprint density at radius 1 is 1.25 bits per heavy atom. The summed E-state index contributed by atoms with van der Waals surface area (Å²) in [6.07, 6.45) is 8.29. The van der Waals surface area contributed by atoms with Gasteiger partial charge in [0.05, 0.1) is 0 Å². The molecule has 0 radical (unpaired) electrons. The van der Waals surface area contributed by atoms with E-state index in [1.165, 1.54) is 45.1 Å². The van der Waals surface area contributed by atoms with Crippen molar-refractivity contribution < 1.29 is 4.74 Å². The Balaban J connectivity index is 2.37. The van der Waals surface area contributed by atoms with Crippen molar-refractivity contribution >= 4 is 0 Å². The summed E-state index contributed by atoms with van der Waals surface area (Å²) in [5.74, 6) is 2.83. The summed E-state index contributed by atoms with van der Waals surface area (Å²) in [6.45, 7) is 4.48. The second-order valence-electron chi connectivity index (χ2n) is 5.30. The van der Waals surface area contributed by atoms with Gasteiger partial charge in [-0.25, -0.2) is 0 Å². The van der Waals surface area contributed by atoms with E-state index in [1.807, 2.05) is 0 Å². The Labute approximate surface area is 101 Å². The van der Waals surface area contributed by atoms with Crippen molar-refractivity contribution in [2.75, 3.05) is 27.3 Å². The lowest BCUT2D eigenvalue weighted by molar-refractivity contribution is 0.139. The van der Waals surface area contributed by atoms with Gasteiger partial charge in [0, 0.05) is 13.7 Å². The van der Waals surface area contributed by atoms with Gasteiger partial charge in [0.1, 0.15) is 0 Å². The number of hydrogen-bond donors (Lipinski definition) is 1. The van der Waals surface area contributed by atoms with Crippen LogP contribution < -0.4 is 5.32 Å². The molecule has 0 aromatic carbocycles. The first kappa shape index (κ1) is 14.0. The summed E-state index contributed by atoms with van der Waals surface area (Å²) < 4.78 is 5.17. The fourth-order valence-corrected chi connectivity index (χ4v) is 3.17. The first-order valence-corrected chi connectivity index (χ1v) is 6.95. The van der Waals surface area contributed by atoms with Crippen LogP contribution in [0.15, 0.2) is 0 Å². The Morgan fingerprint density at radius 3 is 2.69 bits per heavy atom. The van der Waals surface area contributed by atoms with E-state index in [0.717, 1.165) is 24.4 Å². The van der Waals surface area contributed by atoms with Crippen LogP contribution >= 0.6 is 0 Å². The van der Waals surface area contributed by atoms with Crippen LogP contribution in [0.3, 0.4) is 0 Å². The average Bonchev–Trinajstić information content (AvgIpc) is 2.31. The molecule has 3 unspecified atom stereocenters. The Kier molecular flexibility index (Phi) is 7.06. The molecule has 3 atom stereocenters. The lowest BCUT2D eigenvalue weighted by Crippen LogP contribution is -2.32. The van der Waals surface area contributed by atoms with Crippen molar-refractivity contribution in [3.63, 3.8) is 0 Å². The van der Waals surface area contributed by atoms with Crippen LogP contribution in [0.2, 0.25) is 0 Å². The molecule has 2 heteroatoms. The first-order valence-electron chi connectivity index (χ1n) is 6.95. The maximum atomic E-state index is 5.17. The Bertz CT molecular complexity index is 172. The minimum Gasteiger partial charge on any atom is -0.385 e. The zero-order valence-corrected chi connectivity index (χ0v) is 11.3. The van der Waals surface area contributed by atoms with E-state index in [4.69, 9.17) is 4.74 Å². The van der Waals surface area contributed by atoms with E-state index in [-0.39, 0.29) is 0 Å². The predicted molar refractivity (Wildman–Crippen MR) is 69.6 cm³/mol. The van der Waals surface area contributed by atoms with Gasteiger partial charge in [-0.1, -0.05) is 19.8 Å². The molecule has 96 valence electrons. The molecule has 0 spiro atoms. The zero-order chi connectivity index (χ0) is 11.8. The fourth-order valence-electron chi connectivity index (χ4n) is 3.17. The second-order valence-corrected chi connectivity index (χ2v) is 5.30. The number of rotatable bonds is 7. The quantitative estimate of drug-likeness (QED) is 0.675. The van der Waals surface area contributed by atoms with Crippen molar-refractivity contribution in [3.8, 4) is 0 Å². The van der Waals surface area contributed by atoms with E-state index < -0.39 is 0 Å². The highest BCUT2D eigenvalue weighted by Crippen LogP contribution is 2.37. The molecular weight excluding hydrogens is 198 g/mol. The largest absolute Gasteiger partial charge is 0.385 e. The van der Waals surface area contributed by atoms with E-state index in [9.17, 15) is 0 Å². The highest BCUT2D eigenvalue weighted by atomic mass is 16.5. The van der Waals surface area contributed by atoms with E-state index in [2.05, 4.69) is 19.3 Å². The molecule has 0 amide bonds. The summed E-state index contributed by atoms with van der Waals surface area (Å²) in [5, 5.41) is 3.36. The lowest BCUT2D eigenvalue weighted by atomic mass is 9.71. The summed E-state index contributed by atoms with van der Waals surface area (Å²) in [4.78, 5) is 0. The van der Waals surface area contributed by atoms with Gasteiger partial charge < -0.3 is 10.1 Å². The Hall–Kier alpha value is -0.0800. The normalized spacial score (nSPS) is 30.6. The molecule has 1 fully saturated rings. The van der Waals surface area contributed by atoms with Gasteiger partial charge in [0.25, 0.3) is 0 Å². The van der Waals surface area contributed by atoms with Crippen LogP contribution in [-0.4, -0.2) is 27.3 Å². The van der Waals surface area contributed by atoms with Crippen LogP contribution in [0.25, 0.3) is 0 Å². The van der Waals surface area contributed by atoms with Crippen molar-refractivity contribution in [2.24, 2.45) is 17.8 Å². The van der Waals surface area contributed by atoms with E-state index in [1.54, 1.807) is 7.11 Å². The van der Waals surface area contributed by atoms with Gasteiger partial charge >= 0.3 is 0 Å². The molecular formula is C14H29NO. The topological polar surface area (TPSA) is 21.3 Å². The molecule has 1 aliphatic rings. The van der Waals surface area contributed by atoms with Gasteiger partial charge in [-0.2, -0.15) is 0 Å². The van der Waals surface area contributed by atoms with Crippen LogP contribution in [-0.2, 0) is 4.74 Å². The zero-order valence-electron chi connectivity index (χ0n) is 11.3. The number of nitrogens with one attached hydrogen (secondary N) is 1. The smallest absolute Gasteiger partial charge is 0.0462 e. The first-order chi connectivity index (χ1) is 7.81. The molecule has 0 heterocycles.